The van der Waals surface area contributed by atoms with E-state index in [9.17, 15) is 0 Å². The molecule has 12 heteroatoms. The second-order valence-corrected chi connectivity index (χ2v) is 4.64. The topological polar surface area (TPSA) is 189 Å². The number of nitrogens with two attached hydrogens (primary N) is 2. The summed E-state index contributed by atoms with van der Waals surface area (Å²) < 4.78 is 39.2. The molecule has 0 atom stereocenters. The van der Waals surface area contributed by atoms with Gasteiger partial charge in [0.05, 0.1) is 10.0 Å². The van der Waals surface area contributed by atoms with Crippen molar-refractivity contribution in [3.8, 4) is 5.75 Å². The molecule has 0 aliphatic carbocycles. The van der Waals surface area contributed by atoms with E-state index in [2.05, 4.69) is 11.5 Å². The average Bonchev–Trinajstić information content (AvgIpc) is 2.25. The number of hydrogen-bond donors (Lipinski definition) is 3. The van der Waals surface area contributed by atoms with Crippen molar-refractivity contribution < 1.29 is 22.3 Å². The SMILES string of the molecule is N=C(N)N.O=S(=O)([O-])[O-].[NH]CCOc1c(Cl)cccc1Cl. The van der Waals surface area contributed by atoms with Crippen LogP contribution in [0.5, 0.6) is 5.75 Å². The molecule has 0 aliphatic heterocycles. The molecule has 0 aliphatic rings. The van der Waals surface area contributed by atoms with Crippen LogP contribution in [0.25, 0.3) is 0 Å². The van der Waals surface area contributed by atoms with E-state index in [4.69, 9.17) is 56.6 Å². The van der Waals surface area contributed by atoms with E-state index in [-0.39, 0.29) is 12.5 Å². The lowest BCUT2D eigenvalue weighted by atomic mass is 10.3. The van der Waals surface area contributed by atoms with Crippen LogP contribution in [0.1, 0.15) is 0 Å². The first-order valence-electron chi connectivity index (χ1n) is 4.96. The Kier molecular flexibility index (Phi) is 11.9. The maximum Gasteiger partial charge on any atom is 0.183 e. The number of hydrogen-bond acceptors (Lipinski definition) is 6. The first-order valence-corrected chi connectivity index (χ1v) is 7.05. The van der Waals surface area contributed by atoms with Gasteiger partial charge in [0.2, 0.25) is 0 Å². The molecule has 121 valence electrons. The molecule has 0 amide bonds. The van der Waals surface area contributed by atoms with E-state index >= 15 is 0 Å². The number of nitrogens with one attached hydrogen (secondary N) is 2. The third-order valence-corrected chi connectivity index (χ3v) is 1.86. The largest absolute Gasteiger partial charge is 0.759 e. The zero-order valence-corrected chi connectivity index (χ0v) is 12.8. The van der Waals surface area contributed by atoms with Crippen LogP contribution in [0.2, 0.25) is 10.0 Å². The minimum absolute atomic E-state index is 0.196. The number of ether oxygens (including phenoxy) is 1. The zero-order chi connectivity index (χ0) is 17.1. The van der Waals surface area contributed by atoms with Crippen molar-refractivity contribution in [1.82, 2.24) is 5.73 Å². The maximum absolute atomic E-state index is 8.52. The van der Waals surface area contributed by atoms with Gasteiger partial charge < -0.3 is 25.3 Å². The van der Waals surface area contributed by atoms with Crippen molar-refractivity contribution in [3.05, 3.63) is 28.2 Å². The highest BCUT2D eigenvalue weighted by Crippen LogP contribution is 2.31. The van der Waals surface area contributed by atoms with Gasteiger partial charge in [-0.2, -0.15) is 0 Å². The highest BCUT2D eigenvalue weighted by Gasteiger charge is 2.04. The molecule has 0 fully saturated rings. The van der Waals surface area contributed by atoms with Gasteiger partial charge in [-0.05, 0) is 12.1 Å². The van der Waals surface area contributed by atoms with Crippen LogP contribution >= 0.6 is 23.2 Å². The number of guanidine groups is 1. The van der Waals surface area contributed by atoms with E-state index in [1.54, 1.807) is 18.2 Å². The Morgan fingerprint density at radius 3 is 1.86 bits per heavy atom. The van der Waals surface area contributed by atoms with Crippen molar-refractivity contribution in [2.24, 2.45) is 11.5 Å². The molecular formula is C9H13Cl2N4O5S-2. The Hall–Kier alpha value is -1.30. The van der Waals surface area contributed by atoms with E-state index in [0.29, 0.717) is 22.4 Å². The molecule has 0 aromatic heterocycles. The quantitative estimate of drug-likeness (QED) is 0.296. The van der Waals surface area contributed by atoms with Crippen molar-refractivity contribution in [3.63, 3.8) is 0 Å². The van der Waals surface area contributed by atoms with Gasteiger partial charge in [-0.1, -0.05) is 29.3 Å². The summed E-state index contributed by atoms with van der Waals surface area (Å²) >= 11 is 11.6. The fourth-order valence-electron chi connectivity index (χ4n) is 0.774. The van der Waals surface area contributed by atoms with Gasteiger partial charge in [0, 0.05) is 16.9 Å². The fourth-order valence-corrected chi connectivity index (χ4v) is 1.28. The summed E-state index contributed by atoms with van der Waals surface area (Å²) in [6.07, 6.45) is 0. The van der Waals surface area contributed by atoms with Crippen LogP contribution in [0, 0.1) is 5.41 Å². The third-order valence-electron chi connectivity index (χ3n) is 1.27. The molecule has 0 unspecified atom stereocenters. The van der Waals surface area contributed by atoms with Crippen molar-refractivity contribution >= 4 is 39.6 Å². The number of rotatable bonds is 3. The summed E-state index contributed by atoms with van der Waals surface area (Å²) in [5.74, 6) is 0.132. The van der Waals surface area contributed by atoms with E-state index in [1.165, 1.54) is 0 Å². The van der Waals surface area contributed by atoms with E-state index < -0.39 is 10.4 Å². The van der Waals surface area contributed by atoms with Crippen LogP contribution in [0.3, 0.4) is 0 Å². The Morgan fingerprint density at radius 1 is 1.24 bits per heavy atom. The summed E-state index contributed by atoms with van der Waals surface area (Å²) in [5, 5.41) is 7.02. The van der Waals surface area contributed by atoms with Gasteiger partial charge in [0.25, 0.3) is 0 Å². The lowest BCUT2D eigenvalue weighted by molar-refractivity contribution is 0.327. The zero-order valence-electron chi connectivity index (χ0n) is 10.5. The molecule has 0 spiro atoms. The predicted molar refractivity (Wildman–Crippen MR) is 76.5 cm³/mol. The van der Waals surface area contributed by atoms with Gasteiger partial charge >= 0.3 is 0 Å². The van der Waals surface area contributed by atoms with Gasteiger partial charge in [-0.3, -0.25) is 19.6 Å². The second kappa shape index (κ2) is 11.4. The van der Waals surface area contributed by atoms with Gasteiger partial charge in [0.1, 0.15) is 6.61 Å². The van der Waals surface area contributed by atoms with Crippen molar-refractivity contribution in [2.45, 2.75) is 0 Å². The molecule has 0 heterocycles. The Labute approximate surface area is 132 Å². The molecule has 1 aromatic rings. The lowest BCUT2D eigenvalue weighted by Crippen LogP contribution is -2.20. The summed E-state index contributed by atoms with van der Waals surface area (Å²) in [4.78, 5) is 0. The smallest absolute Gasteiger partial charge is 0.183 e. The maximum atomic E-state index is 8.52. The molecule has 9 nitrogen and oxygen atoms in total. The summed E-state index contributed by atoms with van der Waals surface area (Å²) in [6.45, 7) is 0.505. The molecule has 6 N–H and O–H groups in total. The monoisotopic (exact) mass is 359 g/mol. The lowest BCUT2D eigenvalue weighted by Gasteiger charge is -2.07. The molecular weight excluding hydrogens is 347 g/mol. The van der Waals surface area contributed by atoms with Crippen LogP contribution < -0.4 is 21.9 Å². The van der Waals surface area contributed by atoms with Crippen LogP contribution in [0.15, 0.2) is 18.2 Å². The fraction of sp³-hybridized carbons (Fsp3) is 0.222. The number of para-hydroxylation sites is 1. The summed E-state index contributed by atoms with van der Waals surface area (Å²) in [6, 6.07) is 5.15. The van der Waals surface area contributed by atoms with Crippen molar-refractivity contribution in [1.29, 1.82) is 5.41 Å². The Bertz CT molecular complexity index is 509. The molecule has 1 radical (unpaired) electrons. The van der Waals surface area contributed by atoms with Gasteiger partial charge in [0.15, 0.2) is 11.7 Å². The molecule has 1 rings (SSSR count). The average molecular weight is 360 g/mol. The normalized spacial score (nSPS) is 9.57. The van der Waals surface area contributed by atoms with Crippen molar-refractivity contribution in [2.75, 3.05) is 13.2 Å². The van der Waals surface area contributed by atoms with E-state index in [1.807, 2.05) is 0 Å². The minimum atomic E-state index is -5.17. The molecule has 0 bridgehead atoms. The highest BCUT2D eigenvalue weighted by atomic mass is 35.5. The highest BCUT2D eigenvalue weighted by molar-refractivity contribution is 7.79. The number of halogens is 2. The number of benzene rings is 1. The molecule has 21 heavy (non-hydrogen) atoms. The molecule has 1 aromatic carbocycles. The third kappa shape index (κ3) is 18.7. The van der Waals surface area contributed by atoms with Crippen LogP contribution in [0.4, 0.5) is 0 Å². The Balaban J connectivity index is 0. The van der Waals surface area contributed by atoms with E-state index in [0.717, 1.165) is 0 Å². The molecule has 0 saturated carbocycles. The standard InChI is InChI=1S/C8H8Cl2NO.CH5N3.H2O4S/c9-6-2-1-3-7(10)8(6)12-5-4-11;2-1(3)4;1-5(2,3)4/h1-3,11H,4-5H2;(H5,2,3,4);(H2,1,2,3,4)/p-2. The van der Waals surface area contributed by atoms with Gasteiger partial charge in [-0.15, -0.1) is 0 Å². The van der Waals surface area contributed by atoms with Gasteiger partial charge in [-0.25, -0.2) is 0 Å². The minimum Gasteiger partial charge on any atom is -0.759 e. The summed E-state index contributed by atoms with van der Waals surface area (Å²) in [5.41, 5.74) is 15.8. The van der Waals surface area contributed by atoms with Crippen LogP contribution in [-0.4, -0.2) is 36.6 Å². The first kappa shape index (κ1) is 22.0. The summed E-state index contributed by atoms with van der Waals surface area (Å²) in [7, 11) is -5.17. The predicted octanol–water partition coefficient (Wildman–Crippen LogP) is 0.156. The second-order valence-electron chi connectivity index (χ2n) is 3.01. The van der Waals surface area contributed by atoms with Crippen LogP contribution in [-0.2, 0) is 10.4 Å². The first-order chi connectivity index (χ1) is 9.49. The molecule has 0 saturated heterocycles. The Morgan fingerprint density at radius 2 is 1.57 bits per heavy atom.